The Kier molecular flexibility index (Phi) is 7.51. The molecule has 1 aromatic carbocycles. The molecule has 1 amide bonds. The summed E-state index contributed by atoms with van der Waals surface area (Å²) in [5.74, 6) is 2.33. The Morgan fingerprint density at radius 2 is 1.88 bits per heavy atom. The standard InChI is InChI=1S/C22H36N2O2/c1-15-11-18(4)19(5)21(12-15)26-20(6)22(25)23-8-7-9-24-13-16(2)10-17(3)14-24/h11-12,16-17,20H,7-10,13-14H2,1-6H3,(H,23,25)/t16-,17-,20+/m0/s1. The Labute approximate surface area is 159 Å². The fourth-order valence-electron chi connectivity index (χ4n) is 4.00. The molecular weight excluding hydrogens is 324 g/mol. The first-order chi connectivity index (χ1) is 12.3. The van der Waals surface area contributed by atoms with Crippen LogP contribution in [0.15, 0.2) is 12.1 Å². The van der Waals surface area contributed by atoms with Crippen molar-refractivity contribution in [2.45, 2.75) is 60.5 Å². The number of hydrogen-bond donors (Lipinski definition) is 1. The Bertz CT molecular complexity index is 604. The lowest BCUT2D eigenvalue weighted by atomic mass is 9.92. The van der Waals surface area contributed by atoms with Gasteiger partial charge in [-0.1, -0.05) is 19.9 Å². The number of nitrogens with zero attached hydrogens (tertiary/aromatic N) is 1. The van der Waals surface area contributed by atoms with Gasteiger partial charge in [0.1, 0.15) is 5.75 Å². The van der Waals surface area contributed by atoms with Crippen LogP contribution in [0.1, 0.15) is 50.3 Å². The first-order valence-electron chi connectivity index (χ1n) is 10.0. The van der Waals surface area contributed by atoms with Crippen LogP contribution < -0.4 is 10.1 Å². The second kappa shape index (κ2) is 9.40. The molecule has 1 aliphatic rings. The summed E-state index contributed by atoms with van der Waals surface area (Å²) in [4.78, 5) is 14.9. The zero-order chi connectivity index (χ0) is 19.3. The average Bonchev–Trinajstić information content (AvgIpc) is 2.55. The van der Waals surface area contributed by atoms with Crippen molar-refractivity contribution in [3.63, 3.8) is 0 Å². The van der Waals surface area contributed by atoms with E-state index < -0.39 is 6.10 Å². The van der Waals surface area contributed by atoms with E-state index >= 15 is 0 Å². The summed E-state index contributed by atoms with van der Waals surface area (Å²) < 4.78 is 5.92. The lowest BCUT2D eigenvalue weighted by molar-refractivity contribution is -0.127. The number of nitrogens with one attached hydrogen (secondary N) is 1. The fraction of sp³-hybridized carbons (Fsp3) is 0.682. The summed E-state index contributed by atoms with van der Waals surface area (Å²) in [6.45, 7) is 16.8. The molecule has 1 fully saturated rings. The van der Waals surface area contributed by atoms with E-state index in [0.717, 1.165) is 41.7 Å². The molecule has 0 bridgehead atoms. The van der Waals surface area contributed by atoms with Gasteiger partial charge < -0.3 is 15.0 Å². The largest absolute Gasteiger partial charge is 0.481 e. The van der Waals surface area contributed by atoms with Crippen LogP contribution in [0, 0.1) is 32.6 Å². The van der Waals surface area contributed by atoms with E-state index in [1.54, 1.807) is 0 Å². The highest BCUT2D eigenvalue weighted by atomic mass is 16.5. The fourth-order valence-corrected chi connectivity index (χ4v) is 4.00. The summed E-state index contributed by atoms with van der Waals surface area (Å²) >= 11 is 0. The van der Waals surface area contributed by atoms with Gasteiger partial charge in [-0.2, -0.15) is 0 Å². The number of ether oxygens (including phenoxy) is 1. The molecule has 2 rings (SSSR count). The quantitative estimate of drug-likeness (QED) is 0.751. The van der Waals surface area contributed by atoms with E-state index in [1.165, 1.54) is 25.1 Å². The van der Waals surface area contributed by atoms with Gasteiger partial charge in [-0.15, -0.1) is 0 Å². The highest BCUT2D eigenvalue weighted by Gasteiger charge is 2.21. The van der Waals surface area contributed by atoms with Gasteiger partial charge in [-0.3, -0.25) is 4.79 Å². The molecule has 26 heavy (non-hydrogen) atoms. The second-order valence-electron chi connectivity index (χ2n) is 8.32. The first-order valence-corrected chi connectivity index (χ1v) is 10.0. The smallest absolute Gasteiger partial charge is 0.260 e. The molecule has 3 atom stereocenters. The van der Waals surface area contributed by atoms with Gasteiger partial charge in [0.15, 0.2) is 6.10 Å². The van der Waals surface area contributed by atoms with Gasteiger partial charge in [-0.05, 0) is 81.7 Å². The van der Waals surface area contributed by atoms with Crippen LogP contribution in [0.4, 0.5) is 0 Å². The Hall–Kier alpha value is -1.55. The minimum atomic E-state index is -0.482. The van der Waals surface area contributed by atoms with Crippen molar-refractivity contribution < 1.29 is 9.53 Å². The summed E-state index contributed by atoms with van der Waals surface area (Å²) in [5.41, 5.74) is 3.45. The maximum absolute atomic E-state index is 12.3. The van der Waals surface area contributed by atoms with E-state index in [2.05, 4.69) is 37.1 Å². The van der Waals surface area contributed by atoms with Crippen LogP contribution in [0.3, 0.4) is 0 Å². The molecule has 146 valence electrons. The normalized spacial score (nSPS) is 22.1. The Morgan fingerprint density at radius 3 is 2.54 bits per heavy atom. The van der Waals surface area contributed by atoms with E-state index in [0.29, 0.717) is 6.54 Å². The third-order valence-corrected chi connectivity index (χ3v) is 5.33. The molecule has 0 radical (unpaired) electrons. The zero-order valence-electron chi connectivity index (χ0n) is 17.4. The van der Waals surface area contributed by atoms with Crippen LogP contribution in [-0.4, -0.2) is 43.1 Å². The molecule has 1 N–H and O–H groups in total. The third-order valence-electron chi connectivity index (χ3n) is 5.33. The number of benzene rings is 1. The third kappa shape index (κ3) is 6.01. The second-order valence-corrected chi connectivity index (χ2v) is 8.32. The number of carbonyl (C=O) groups excluding carboxylic acids is 1. The molecule has 1 aliphatic heterocycles. The first kappa shape index (κ1) is 20.8. The molecule has 1 saturated heterocycles. The number of aryl methyl sites for hydroxylation is 2. The maximum Gasteiger partial charge on any atom is 0.260 e. The SMILES string of the molecule is Cc1cc(C)c(C)c(O[C@H](C)C(=O)NCCCN2C[C@@H](C)C[C@H](C)C2)c1. The highest BCUT2D eigenvalue weighted by molar-refractivity contribution is 5.80. The van der Waals surface area contributed by atoms with Crippen molar-refractivity contribution >= 4 is 5.91 Å². The molecule has 0 unspecified atom stereocenters. The van der Waals surface area contributed by atoms with Gasteiger partial charge >= 0.3 is 0 Å². The highest BCUT2D eigenvalue weighted by Crippen LogP contribution is 2.24. The van der Waals surface area contributed by atoms with E-state index in [4.69, 9.17) is 4.74 Å². The van der Waals surface area contributed by atoms with Crippen molar-refractivity contribution in [1.29, 1.82) is 0 Å². The molecule has 0 aliphatic carbocycles. The molecule has 1 heterocycles. The average molecular weight is 361 g/mol. The Morgan fingerprint density at radius 1 is 1.23 bits per heavy atom. The maximum atomic E-state index is 12.3. The van der Waals surface area contributed by atoms with Crippen LogP contribution in [0.25, 0.3) is 0 Å². The van der Waals surface area contributed by atoms with Crippen molar-refractivity contribution in [2.24, 2.45) is 11.8 Å². The topological polar surface area (TPSA) is 41.6 Å². The molecule has 1 aromatic rings. The molecule has 0 aromatic heterocycles. The lowest BCUT2D eigenvalue weighted by Gasteiger charge is -2.34. The van der Waals surface area contributed by atoms with Crippen LogP contribution in [0.5, 0.6) is 5.75 Å². The van der Waals surface area contributed by atoms with E-state index in [-0.39, 0.29) is 5.91 Å². The van der Waals surface area contributed by atoms with Gasteiger partial charge in [0.05, 0.1) is 0 Å². The van der Waals surface area contributed by atoms with Gasteiger partial charge in [0.2, 0.25) is 0 Å². The minimum absolute atomic E-state index is 0.0380. The summed E-state index contributed by atoms with van der Waals surface area (Å²) in [6.07, 6.45) is 1.84. The van der Waals surface area contributed by atoms with Crippen LogP contribution in [0.2, 0.25) is 0 Å². The number of rotatable bonds is 7. The molecular formula is C22H36N2O2. The number of piperidine rings is 1. The van der Waals surface area contributed by atoms with Gasteiger partial charge in [0.25, 0.3) is 5.91 Å². The summed E-state index contributed by atoms with van der Waals surface area (Å²) in [7, 11) is 0. The van der Waals surface area contributed by atoms with Crippen molar-refractivity contribution in [2.75, 3.05) is 26.2 Å². The van der Waals surface area contributed by atoms with E-state index in [9.17, 15) is 4.79 Å². The van der Waals surface area contributed by atoms with Gasteiger partial charge in [0, 0.05) is 19.6 Å². The molecule has 0 spiro atoms. The molecule has 4 heteroatoms. The number of likely N-dealkylation sites (tertiary alicyclic amines) is 1. The number of hydrogen-bond acceptors (Lipinski definition) is 3. The minimum Gasteiger partial charge on any atom is -0.481 e. The number of amides is 1. The number of carbonyl (C=O) groups is 1. The predicted molar refractivity (Wildman–Crippen MR) is 108 cm³/mol. The predicted octanol–water partition coefficient (Wildman–Crippen LogP) is 3.86. The lowest BCUT2D eigenvalue weighted by Crippen LogP contribution is -2.41. The molecule has 0 saturated carbocycles. The Balaban J connectivity index is 1.74. The summed E-state index contributed by atoms with van der Waals surface area (Å²) in [5, 5.41) is 3.02. The van der Waals surface area contributed by atoms with Crippen molar-refractivity contribution in [3.05, 3.63) is 28.8 Å². The van der Waals surface area contributed by atoms with Crippen LogP contribution >= 0.6 is 0 Å². The monoisotopic (exact) mass is 360 g/mol. The molecule has 4 nitrogen and oxygen atoms in total. The van der Waals surface area contributed by atoms with Crippen molar-refractivity contribution in [3.8, 4) is 5.75 Å². The van der Waals surface area contributed by atoms with Crippen LogP contribution in [-0.2, 0) is 4.79 Å². The zero-order valence-corrected chi connectivity index (χ0v) is 17.4. The summed E-state index contributed by atoms with van der Waals surface area (Å²) in [6, 6.07) is 4.14. The van der Waals surface area contributed by atoms with E-state index in [1.807, 2.05) is 26.8 Å². The van der Waals surface area contributed by atoms with Crippen molar-refractivity contribution in [1.82, 2.24) is 10.2 Å². The van der Waals surface area contributed by atoms with Gasteiger partial charge in [-0.25, -0.2) is 0 Å².